The van der Waals surface area contributed by atoms with Crippen LogP contribution < -0.4 is 0 Å². The van der Waals surface area contributed by atoms with Crippen LogP contribution in [0.1, 0.15) is 65.7 Å². The molecule has 0 radical (unpaired) electrons. The molecule has 1 unspecified atom stereocenters. The highest BCUT2D eigenvalue weighted by atomic mass is 15.3. The first kappa shape index (κ1) is 15.5. The molecule has 1 saturated heterocycles. The fraction of sp³-hybridized carbons (Fsp3) is 0.667. The average Bonchev–Trinajstić information content (AvgIpc) is 2.86. The number of hydrogen-bond donors (Lipinski definition) is 0. The van der Waals surface area contributed by atoms with Crippen molar-refractivity contribution < 1.29 is 0 Å². The molecule has 1 aliphatic rings. The van der Waals surface area contributed by atoms with Gasteiger partial charge in [-0.25, -0.2) is 9.97 Å². The van der Waals surface area contributed by atoms with Crippen molar-refractivity contribution in [1.82, 2.24) is 19.4 Å². The second-order valence-corrected chi connectivity index (χ2v) is 7.67. The van der Waals surface area contributed by atoms with Crippen LogP contribution >= 0.6 is 0 Å². The lowest BCUT2D eigenvalue weighted by Crippen LogP contribution is -2.41. The van der Waals surface area contributed by atoms with E-state index in [-0.39, 0.29) is 5.54 Å². The summed E-state index contributed by atoms with van der Waals surface area (Å²) in [4.78, 5) is 12.2. The predicted molar refractivity (Wildman–Crippen MR) is 91.0 cm³/mol. The van der Waals surface area contributed by atoms with Gasteiger partial charge in [-0.05, 0) is 66.1 Å². The van der Waals surface area contributed by atoms with E-state index >= 15 is 0 Å². The lowest BCUT2D eigenvalue weighted by molar-refractivity contribution is 0.100. The zero-order valence-electron chi connectivity index (χ0n) is 14.5. The highest BCUT2D eigenvalue weighted by molar-refractivity contribution is 5.71. The van der Waals surface area contributed by atoms with Crippen molar-refractivity contribution in [2.45, 2.75) is 71.5 Å². The fourth-order valence-electron chi connectivity index (χ4n) is 3.66. The second-order valence-electron chi connectivity index (χ2n) is 7.67. The van der Waals surface area contributed by atoms with E-state index < -0.39 is 0 Å². The first-order valence-corrected chi connectivity index (χ1v) is 8.49. The van der Waals surface area contributed by atoms with E-state index in [4.69, 9.17) is 4.98 Å². The monoisotopic (exact) mass is 300 g/mol. The van der Waals surface area contributed by atoms with Crippen molar-refractivity contribution in [2.24, 2.45) is 0 Å². The zero-order chi connectivity index (χ0) is 15.9. The molecule has 0 bridgehead atoms. The Balaban J connectivity index is 2.17. The molecule has 0 aromatic carbocycles. The van der Waals surface area contributed by atoms with Gasteiger partial charge in [0, 0.05) is 17.8 Å². The quantitative estimate of drug-likeness (QED) is 0.836. The molecule has 120 valence electrons. The van der Waals surface area contributed by atoms with Gasteiger partial charge in [-0.2, -0.15) is 0 Å². The summed E-state index contributed by atoms with van der Waals surface area (Å²) in [6.45, 7) is 12.5. The third-order valence-corrected chi connectivity index (χ3v) is 4.62. The molecule has 1 atom stereocenters. The number of imidazole rings is 1. The Morgan fingerprint density at radius 2 is 2.00 bits per heavy atom. The summed E-state index contributed by atoms with van der Waals surface area (Å²) in [5, 5.41) is 0. The molecule has 2 aromatic rings. The first-order chi connectivity index (χ1) is 10.4. The molecule has 4 nitrogen and oxygen atoms in total. The van der Waals surface area contributed by atoms with E-state index in [2.05, 4.69) is 55.1 Å². The van der Waals surface area contributed by atoms with Gasteiger partial charge in [-0.15, -0.1) is 0 Å². The van der Waals surface area contributed by atoms with Crippen LogP contribution in [0, 0.1) is 0 Å². The van der Waals surface area contributed by atoms with Gasteiger partial charge < -0.3 is 4.57 Å². The average molecular weight is 300 g/mol. The van der Waals surface area contributed by atoms with Gasteiger partial charge in [0.1, 0.15) is 11.3 Å². The maximum absolute atomic E-state index is 4.99. The maximum atomic E-state index is 4.99. The highest BCUT2D eigenvalue weighted by Crippen LogP contribution is 2.36. The van der Waals surface area contributed by atoms with Crippen LogP contribution in [0.15, 0.2) is 18.3 Å². The van der Waals surface area contributed by atoms with Crippen LogP contribution in [0.25, 0.3) is 11.2 Å². The maximum Gasteiger partial charge on any atom is 0.160 e. The summed E-state index contributed by atoms with van der Waals surface area (Å²) in [7, 11) is 0. The van der Waals surface area contributed by atoms with Gasteiger partial charge in [-0.1, -0.05) is 6.42 Å². The lowest BCUT2D eigenvalue weighted by Gasteiger charge is -2.39. The summed E-state index contributed by atoms with van der Waals surface area (Å²) in [5.41, 5.74) is 2.01. The smallest absolute Gasteiger partial charge is 0.160 e. The molecule has 22 heavy (non-hydrogen) atoms. The largest absolute Gasteiger partial charge is 0.306 e. The number of nitrogens with zero attached hydrogens (tertiary/aromatic N) is 4. The molecule has 3 rings (SSSR count). The van der Waals surface area contributed by atoms with Crippen LogP contribution in [0.2, 0.25) is 0 Å². The van der Waals surface area contributed by atoms with Crippen LogP contribution in [-0.4, -0.2) is 32.0 Å². The Hall–Kier alpha value is -1.42. The van der Waals surface area contributed by atoms with Crippen molar-refractivity contribution in [3.63, 3.8) is 0 Å². The van der Waals surface area contributed by atoms with Crippen molar-refractivity contribution in [1.29, 1.82) is 0 Å². The first-order valence-electron chi connectivity index (χ1n) is 8.49. The van der Waals surface area contributed by atoms with E-state index in [1.807, 2.05) is 12.3 Å². The standard InChI is InChI=1S/C18H28N4/c1-13(2)21-12-7-6-10-15(21)17-20-14-9-8-11-19-16(14)22(17)18(3,4)5/h8-9,11,13,15H,6-7,10,12H2,1-5H3. The van der Waals surface area contributed by atoms with Crippen LogP contribution in [0.5, 0.6) is 0 Å². The third kappa shape index (κ3) is 2.65. The van der Waals surface area contributed by atoms with Gasteiger partial charge in [0.15, 0.2) is 5.65 Å². The van der Waals surface area contributed by atoms with Crippen LogP contribution in [0.3, 0.4) is 0 Å². The minimum atomic E-state index is -0.0153. The molecular weight excluding hydrogens is 272 g/mol. The lowest BCUT2D eigenvalue weighted by atomic mass is 9.98. The Kier molecular flexibility index (Phi) is 3.98. The van der Waals surface area contributed by atoms with Gasteiger partial charge in [0.2, 0.25) is 0 Å². The number of rotatable bonds is 2. The number of aromatic nitrogens is 3. The number of likely N-dealkylation sites (tertiary alicyclic amines) is 1. The normalized spacial score (nSPS) is 20.9. The van der Waals surface area contributed by atoms with Gasteiger partial charge in [0.05, 0.1) is 6.04 Å². The summed E-state index contributed by atoms with van der Waals surface area (Å²) >= 11 is 0. The van der Waals surface area contributed by atoms with E-state index in [0.29, 0.717) is 12.1 Å². The van der Waals surface area contributed by atoms with Crippen LogP contribution in [-0.2, 0) is 5.54 Å². The highest BCUT2D eigenvalue weighted by Gasteiger charge is 2.33. The molecule has 0 spiro atoms. The molecule has 4 heteroatoms. The van der Waals surface area contributed by atoms with Crippen molar-refractivity contribution in [2.75, 3.05) is 6.54 Å². The Morgan fingerprint density at radius 3 is 2.68 bits per heavy atom. The molecule has 0 N–H and O–H groups in total. The van der Waals surface area contributed by atoms with Crippen molar-refractivity contribution >= 4 is 11.2 Å². The topological polar surface area (TPSA) is 34.0 Å². The predicted octanol–water partition coefficient (Wildman–Crippen LogP) is 4.12. The SMILES string of the molecule is CC(C)N1CCCCC1c1nc2cccnc2n1C(C)(C)C. The van der Waals surface area contributed by atoms with Crippen LogP contribution in [0.4, 0.5) is 0 Å². The summed E-state index contributed by atoms with van der Waals surface area (Å²) < 4.78 is 2.35. The van der Waals surface area contributed by atoms with E-state index in [0.717, 1.165) is 11.2 Å². The second kappa shape index (κ2) is 5.65. The molecule has 1 aliphatic heterocycles. The van der Waals surface area contributed by atoms with Gasteiger partial charge >= 0.3 is 0 Å². The van der Waals surface area contributed by atoms with Gasteiger partial charge in [-0.3, -0.25) is 4.90 Å². The van der Waals surface area contributed by atoms with Crippen molar-refractivity contribution in [3.05, 3.63) is 24.2 Å². The fourth-order valence-corrected chi connectivity index (χ4v) is 3.66. The third-order valence-electron chi connectivity index (χ3n) is 4.62. The number of piperidine rings is 1. The Bertz CT molecular complexity index is 651. The number of pyridine rings is 1. The Labute approximate surface area is 133 Å². The minimum Gasteiger partial charge on any atom is -0.306 e. The summed E-state index contributed by atoms with van der Waals surface area (Å²) in [5.74, 6) is 1.19. The minimum absolute atomic E-state index is 0.0153. The van der Waals surface area contributed by atoms with Crippen molar-refractivity contribution in [3.8, 4) is 0 Å². The van der Waals surface area contributed by atoms with E-state index in [1.165, 1.54) is 31.6 Å². The molecule has 3 heterocycles. The molecule has 1 fully saturated rings. The number of fused-ring (bicyclic) bond motifs is 1. The van der Waals surface area contributed by atoms with E-state index in [1.54, 1.807) is 0 Å². The Morgan fingerprint density at radius 1 is 1.23 bits per heavy atom. The summed E-state index contributed by atoms with van der Waals surface area (Å²) in [6.07, 6.45) is 5.64. The van der Waals surface area contributed by atoms with Gasteiger partial charge in [0.25, 0.3) is 0 Å². The summed E-state index contributed by atoms with van der Waals surface area (Å²) in [6, 6.07) is 5.01. The molecule has 0 amide bonds. The molecule has 0 aliphatic carbocycles. The number of hydrogen-bond acceptors (Lipinski definition) is 3. The molecule has 0 saturated carbocycles. The van der Waals surface area contributed by atoms with E-state index in [9.17, 15) is 0 Å². The molecular formula is C18H28N4. The molecule has 2 aromatic heterocycles. The zero-order valence-corrected chi connectivity index (χ0v) is 14.5.